The lowest BCUT2D eigenvalue weighted by Crippen LogP contribution is -2.56. The number of nitrogens with one attached hydrogen (secondary N) is 1. The highest BCUT2D eigenvalue weighted by atomic mass is 35.5. The number of halogens is 1. The van der Waals surface area contributed by atoms with E-state index in [0.29, 0.717) is 61.6 Å². The standard InChI is InChI=1S/C24H33ClN4O6S/c1-4-10-35-18-13-29(9-8-15(18)27-22(31)16-12-14(5-2)21(25)26-16)24-28-19(20(36-24)23(32)33)17(30)7-6-11-34-3/h15,18H,4-13H2,1-3H3,(H,27,31)(H,32,33)/t15-,18+/m1/s1. The van der Waals surface area contributed by atoms with Crippen molar-refractivity contribution < 1.29 is 29.0 Å². The number of ether oxygens (including phenoxy) is 2. The minimum absolute atomic E-state index is 0.0181. The van der Waals surface area contributed by atoms with Gasteiger partial charge in [-0.15, -0.1) is 0 Å². The number of amides is 1. The Kier molecular flexibility index (Phi) is 10.4. The van der Waals surface area contributed by atoms with Gasteiger partial charge in [0.05, 0.1) is 12.1 Å². The van der Waals surface area contributed by atoms with E-state index in [-0.39, 0.29) is 40.8 Å². The molecule has 0 bridgehead atoms. The van der Waals surface area contributed by atoms with Crippen molar-refractivity contribution in [1.29, 1.82) is 0 Å². The molecule has 12 heteroatoms. The van der Waals surface area contributed by atoms with Gasteiger partial charge < -0.3 is 24.8 Å². The van der Waals surface area contributed by atoms with Gasteiger partial charge in [-0.2, -0.15) is 0 Å². The highest BCUT2D eigenvalue weighted by Crippen LogP contribution is 2.31. The van der Waals surface area contributed by atoms with E-state index >= 15 is 0 Å². The summed E-state index contributed by atoms with van der Waals surface area (Å²) >= 11 is 7.13. The molecule has 0 saturated carbocycles. The fraction of sp³-hybridized carbons (Fsp3) is 0.625. The van der Waals surface area contributed by atoms with Gasteiger partial charge in [-0.3, -0.25) is 9.59 Å². The number of allylic oxidation sites excluding steroid dienone is 1. The van der Waals surface area contributed by atoms with Gasteiger partial charge in [0.15, 0.2) is 10.9 Å². The predicted octanol–water partition coefficient (Wildman–Crippen LogP) is 3.65. The van der Waals surface area contributed by atoms with E-state index in [9.17, 15) is 19.5 Å². The summed E-state index contributed by atoms with van der Waals surface area (Å²) in [4.78, 5) is 47.8. The van der Waals surface area contributed by atoms with Crippen LogP contribution >= 0.6 is 22.9 Å². The molecule has 0 radical (unpaired) electrons. The molecule has 2 atom stereocenters. The number of thiazole rings is 1. The van der Waals surface area contributed by atoms with Crippen molar-refractivity contribution in [2.75, 3.05) is 38.3 Å². The van der Waals surface area contributed by atoms with Crippen LogP contribution in [0.15, 0.2) is 15.7 Å². The van der Waals surface area contributed by atoms with Gasteiger partial charge in [0.2, 0.25) is 0 Å². The van der Waals surface area contributed by atoms with Gasteiger partial charge in [-0.1, -0.05) is 36.8 Å². The number of carboxylic acids is 1. The number of hydrogen-bond donors (Lipinski definition) is 2. The van der Waals surface area contributed by atoms with Crippen molar-refractivity contribution in [3.8, 4) is 0 Å². The Morgan fingerprint density at radius 3 is 2.69 bits per heavy atom. The topological polar surface area (TPSA) is 130 Å². The number of Topliss-reactive ketones (excluding diaryl/α,β-unsaturated/α-hetero) is 1. The summed E-state index contributed by atoms with van der Waals surface area (Å²) in [5.74, 6) is -1.75. The zero-order chi connectivity index (χ0) is 26.2. The number of hydrogen-bond acceptors (Lipinski definition) is 9. The summed E-state index contributed by atoms with van der Waals surface area (Å²) in [5.41, 5.74) is 1.33. The number of aromatic nitrogens is 1. The molecule has 10 nitrogen and oxygen atoms in total. The van der Waals surface area contributed by atoms with Crippen molar-refractivity contribution in [2.24, 2.45) is 4.99 Å². The van der Waals surface area contributed by atoms with Crippen LogP contribution in [0.3, 0.4) is 0 Å². The predicted molar refractivity (Wildman–Crippen MR) is 139 cm³/mol. The Morgan fingerprint density at radius 1 is 1.28 bits per heavy atom. The summed E-state index contributed by atoms with van der Waals surface area (Å²) in [6.45, 7) is 5.83. The van der Waals surface area contributed by atoms with E-state index in [4.69, 9.17) is 21.1 Å². The van der Waals surface area contributed by atoms with Crippen LogP contribution in [-0.2, 0) is 14.3 Å². The molecule has 1 aromatic rings. The maximum absolute atomic E-state index is 12.9. The van der Waals surface area contributed by atoms with Gasteiger partial charge in [-0.05, 0) is 31.3 Å². The summed E-state index contributed by atoms with van der Waals surface area (Å²) < 4.78 is 11.0. The quantitative estimate of drug-likeness (QED) is 0.220. The van der Waals surface area contributed by atoms with Crippen LogP contribution in [0.4, 0.5) is 5.13 Å². The van der Waals surface area contributed by atoms with Crippen LogP contribution in [0.25, 0.3) is 0 Å². The van der Waals surface area contributed by atoms with Gasteiger partial charge in [0.1, 0.15) is 21.4 Å². The van der Waals surface area contributed by atoms with E-state index in [1.165, 1.54) is 0 Å². The molecular weight excluding hydrogens is 508 g/mol. The van der Waals surface area contributed by atoms with Crippen LogP contribution in [0.1, 0.15) is 72.5 Å². The molecule has 2 aliphatic heterocycles. The Bertz CT molecular complexity index is 1040. The summed E-state index contributed by atoms with van der Waals surface area (Å²) in [5, 5.41) is 13.5. The highest BCUT2D eigenvalue weighted by molar-refractivity contribution is 7.17. The molecule has 198 valence electrons. The smallest absolute Gasteiger partial charge is 0.348 e. The fourth-order valence-electron chi connectivity index (χ4n) is 4.13. The SMILES string of the molecule is CCCO[C@H]1CN(c2nc(C(=O)CCCOC)c(C(=O)O)s2)CC[C@H]1NC(=O)C1=NC(Cl)=C(CC)C1. The van der Waals surface area contributed by atoms with Gasteiger partial charge in [-0.25, -0.2) is 14.8 Å². The lowest BCUT2D eigenvalue weighted by molar-refractivity contribution is -0.117. The number of nitrogens with zero attached hydrogens (tertiary/aromatic N) is 3. The maximum Gasteiger partial charge on any atom is 0.348 e. The number of carbonyl (C=O) groups excluding carboxylic acids is 2. The number of anilines is 1. The third-order valence-corrected chi connectivity index (χ3v) is 7.56. The summed E-state index contributed by atoms with van der Waals surface area (Å²) in [6.07, 6.45) is 2.87. The molecule has 1 amide bonds. The van der Waals surface area contributed by atoms with Crippen LogP contribution < -0.4 is 10.2 Å². The third kappa shape index (κ3) is 6.90. The van der Waals surface area contributed by atoms with Crippen LogP contribution in [-0.4, -0.2) is 79.0 Å². The van der Waals surface area contributed by atoms with Crippen molar-refractivity contribution in [1.82, 2.24) is 10.3 Å². The second-order valence-corrected chi connectivity index (χ2v) is 10.0. The van der Waals surface area contributed by atoms with E-state index in [0.717, 1.165) is 29.8 Å². The Labute approximate surface area is 219 Å². The molecule has 2 N–H and O–H groups in total. The zero-order valence-electron chi connectivity index (χ0n) is 20.8. The molecule has 2 aliphatic rings. The summed E-state index contributed by atoms with van der Waals surface area (Å²) in [7, 11) is 1.55. The van der Waals surface area contributed by atoms with Gasteiger partial charge in [0, 0.05) is 46.3 Å². The largest absolute Gasteiger partial charge is 0.477 e. The third-order valence-electron chi connectivity index (χ3n) is 6.10. The highest BCUT2D eigenvalue weighted by Gasteiger charge is 2.35. The average molecular weight is 541 g/mol. The van der Waals surface area contributed by atoms with Crippen LogP contribution in [0, 0.1) is 0 Å². The minimum atomic E-state index is -1.18. The molecule has 0 spiro atoms. The second kappa shape index (κ2) is 13.3. The summed E-state index contributed by atoms with van der Waals surface area (Å²) in [6, 6.07) is -0.249. The number of carboxylic acid groups (broad SMARTS) is 1. The van der Waals surface area contributed by atoms with E-state index < -0.39 is 5.97 Å². The number of piperidine rings is 1. The lowest BCUT2D eigenvalue weighted by Gasteiger charge is -2.38. The maximum atomic E-state index is 12.9. The van der Waals surface area contributed by atoms with Crippen molar-refractivity contribution in [3.63, 3.8) is 0 Å². The van der Waals surface area contributed by atoms with Crippen molar-refractivity contribution >= 4 is 51.4 Å². The molecule has 3 heterocycles. The van der Waals surface area contributed by atoms with Crippen LogP contribution in [0.2, 0.25) is 0 Å². The molecule has 3 rings (SSSR count). The number of rotatable bonds is 13. The molecule has 36 heavy (non-hydrogen) atoms. The normalized spacial score (nSPS) is 20.0. The number of aromatic carboxylic acids is 1. The average Bonchev–Trinajstić information content (AvgIpc) is 3.47. The molecule has 1 fully saturated rings. The molecule has 0 aliphatic carbocycles. The minimum Gasteiger partial charge on any atom is -0.477 e. The molecule has 0 aromatic carbocycles. The van der Waals surface area contributed by atoms with E-state index in [2.05, 4.69) is 15.3 Å². The first-order valence-electron chi connectivity index (χ1n) is 12.2. The molecule has 0 unspecified atom stereocenters. The van der Waals surface area contributed by atoms with E-state index in [1.807, 2.05) is 18.7 Å². The first-order valence-corrected chi connectivity index (χ1v) is 13.4. The number of methoxy groups -OCH3 is 1. The Hall–Kier alpha value is -2.34. The number of ketones is 1. The number of carbonyl (C=O) groups is 3. The van der Waals surface area contributed by atoms with Crippen molar-refractivity contribution in [2.45, 2.75) is 64.5 Å². The Balaban J connectivity index is 1.72. The number of aliphatic imine (C=N–C) groups is 1. The first kappa shape index (κ1) is 28.2. The molecule has 1 aromatic heterocycles. The zero-order valence-corrected chi connectivity index (χ0v) is 22.4. The first-order chi connectivity index (χ1) is 17.3. The Morgan fingerprint density at radius 2 is 2.06 bits per heavy atom. The monoisotopic (exact) mass is 540 g/mol. The molecular formula is C24H33ClN4O6S. The fourth-order valence-corrected chi connectivity index (χ4v) is 5.39. The second-order valence-electron chi connectivity index (χ2n) is 8.71. The lowest BCUT2D eigenvalue weighted by atomic mass is 10.0. The van der Waals surface area contributed by atoms with Gasteiger partial charge in [0.25, 0.3) is 5.91 Å². The molecule has 1 saturated heterocycles. The van der Waals surface area contributed by atoms with Crippen molar-refractivity contribution in [3.05, 3.63) is 21.3 Å². The van der Waals surface area contributed by atoms with Crippen LogP contribution in [0.5, 0.6) is 0 Å². The van der Waals surface area contributed by atoms with Gasteiger partial charge >= 0.3 is 5.97 Å². The van der Waals surface area contributed by atoms with E-state index in [1.54, 1.807) is 7.11 Å².